The Kier molecular flexibility index (Phi) is 6.77. The van der Waals surface area contributed by atoms with Gasteiger partial charge in [-0.2, -0.15) is 0 Å². The van der Waals surface area contributed by atoms with Gasteiger partial charge in [0.05, 0.1) is 39.4 Å². The molecule has 3 N–H and O–H groups in total. The van der Waals surface area contributed by atoms with Crippen molar-refractivity contribution in [1.82, 2.24) is 0 Å². The van der Waals surface area contributed by atoms with E-state index < -0.39 is 0 Å². The quantitative estimate of drug-likeness (QED) is 0.614. The van der Waals surface area contributed by atoms with E-state index in [1.54, 1.807) is 4.90 Å². The second kappa shape index (κ2) is 9.87. The zero-order valence-corrected chi connectivity index (χ0v) is 17.0. The number of ether oxygens (including phenoxy) is 1. The van der Waals surface area contributed by atoms with Crippen LogP contribution in [-0.2, 0) is 16.1 Å². The Balaban J connectivity index is 1.20. The van der Waals surface area contributed by atoms with Crippen LogP contribution in [0, 0.1) is 0 Å². The third-order valence-corrected chi connectivity index (χ3v) is 5.89. The summed E-state index contributed by atoms with van der Waals surface area (Å²) in [5.74, 6) is 0.0970. The first-order valence-corrected chi connectivity index (χ1v) is 10.7. The monoisotopic (exact) mass is 396 g/mol. The van der Waals surface area contributed by atoms with Crippen LogP contribution in [0.25, 0.3) is 0 Å². The van der Waals surface area contributed by atoms with Gasteiger partial charge in [-0.05, 0) is 24.3 Å². The van der Waals surface area contributed by atoms with Gasteiger partial charge in [0.25, 0.3) is 5.91 Å². The minimum absolute atomic E-state index is 0.0970. The van der Waals surface area contributed by atoms with Gasteiger partial charge in [-0.1, -0.05) is 30.3 Å². The van der Waals surface area contributed by atoms with Crippen molar-refractivity contribution in [3.05, 3.63) is 60.2 Å². The number of piperazine rings is 1. The van der Waals surface area contributed by atoms with Gasteiger partial charge < -0.3 is 24.8 Å². The molecule has 2 heterocycles. The molecule has 0 atom stereocenters. The highest BCUT2D eigenvalue weighted by Gasteiger charge is 2.22. The molecule has 0 aromatic heterocycles. The van der Waals surface area contributed by atoms with Crippen molar-refractivity contribution in [2.24, 2.45) is 0 Å². The predicted octanol–water partition coefficient (Wildman–Crippen LogP) is -0.555. The number of rotatable bonds is 6. The molecule has 0 aliphatic carbocycles. The number of morpholine rings is 1. The van der Waals surface area contributed by atoms with Gasteiger partial charge in [0.15, 0.2) is 6.54 Å². The first-order chi connectivity index (χ1) is 14.3. The van der Waals surface area contributed by atoms with Gasteiger partial charge in [0.1, 0.15) is 19.6 Å². The van der Waals surface area contributed by atoms with E-state index in [1.165, 1.54) is 16.2 Å². The molecule has 0 unspecified atom stereocenters. The average molecular weight is 397 g/mol. The smallest absolute Gasteiger partial charge is 0.279 e. The summed E-state index contributed by atoms with van der Waals surface area (Å²) in [4.78, 5) is 17.8. The molecule has 2 aliphatic heterocycles. The van der Waals surface area contributed by atoms with Crippen LogP contribution < -0.4 is 20.0 Å². The van der Waals surface area contributed by atoms with Gasteiger partial charge in [0, 0.05) is 16.9 Å². The van der Waals surface area contributed by atoms with Crippen molar-refractivity contribution in [2.75, 3.05) is 69.2 Å². The Bertz CT molecular complexity index is 767. The predicted molar refractivity (Wildman–Crippen MR) is 115 cm³/mol. The van der Waals surface area contributed by atoms with Gasteiger partial charge in [0.2, 0.25) is 0 Å². The van der Waals surface area contributed by atoms with Crippen molar-refractivity contribution in [1.29, 1.82) is 0 Å². The summed E-state index contributed by atoms with van der Waals surface area (Å²) in [5.41, 5.74) is 3.47. The molecule has 2 aromatic carbocycles. The Morgan fingerprint density at radius 3 is 2.28 bits per heavy atom. The Labute approximate surface area is 173 Å². The van der Waals surface area contributed by atoms with E-state index in [-0.39, 0.29) is 5.91 Å². The third-order valence-electron chi connectivity index (χ3n) is 5.89. The van der Waals surface area contributed by atoms with Crippen LogP contribution >= 0.6 is 0 Å². The third kappa shape index (κ3) is 5.79. The fourth-order valence-corrected chi connectivity index (χ4v) is 4.16. The molecule has 29 heavy (non-hydrogen) atoms. The number of nitrogens with one attached hydrogen (secondary N) is 3. The second-order valence-electron chi connectivity index (χ2n) is 8.03. The van der Waals surface area contributed by atoms with Crippen LogP contribution in [0.15, 0.2) is 54.6 Å². The molecular formula is C23H32N4O2+2. The lowest BCUT2D eigenvalue weighted by Crippen LogP contribution is -3.15. The SMILES string of the molecule is O=C(C[NH+]1CCN(c2ccccc2)CC1)Nc1ccc(C[NH+]2CCOCC2)cc1. The van der Waals surface area contributed by atoms with E-state index in [0.29, 0.717) is 6.54 Å². The first-order valence-electron chi connectivity index (χ1n) is 10.7. The van der Waals surface area contributed by atoms with E-state index in [4.69, 9.17) is 4.74 Å². The molecule has 6 heteroatoms. The summed E-state index contributed by atoms with van der Waals surface area (Å²) < 4.78 is 5.42. The van der Waals surface area contributed by atoms with Crippen molar-refractivity contribution in [3.8, 4) is 0 Å². The molecular weight excluding hydrogens is 364 g/mol. The highest BCUT2D eigenvalue weighted by molar-refractivity contribution is 5.91. The molecule has 0 saturated carbocycles. The molecule has 2 saturated heterocycles. The molecule has 2 aliphatic rings. The fourth-order valence-electron chi connectivity index (χ4n) is 4.16. The highest BCUT2D eigenvalue weighted by Crippen LogP contribution is 2.12. The maximum absolute atomic E-state index is 12.5. The molecule has 0 radical (unpaired) electrons. The second-order valence-corrected chi connectivity index (χ2v) is 8.03. The van der Waals surface area contributed by atoms with Crippen LogP contribution in [0.1, 0.15) is 5.56 Å². The normalized spacial score (nSPS) is 18.6. The Morgan fingerprint density at radius 2 is 1.59 bits per heavy atom. The zero-order chi connectivity index (χ0) is 19.9. The topological polar surface area (TPSA) is 50.5 Å². The number of nitrogens with zero attached hydrogens (tertiary/aromatic N) is 1. The molecule has 2 fully saturated rings. The number of para-hydroxylation sites is 1. The lowest BCUT2D eigenvalue weighted by Gasteiger charge is -2.33. The molecule has 6 nitrogen and oxygen atoms in total. The van der Waals surface area contributed by atoms with Gasteiger partial charge in [-0.3, -0.25) is 4.79 Å². The van der Waals surface area contributed by atoms with Crippen LogP contribution in [0.3, 0.4) is 0 Å². The number of anilines is 2. The number of carbonyl (C=O) groups excluding carboxylic acids is 1. The van der Waals surface area contributed by atoms with E-state index in [9.17, 15) is 4.79 Å². The maximum atomic E-state index is 12.5. The maximum Gasteiger partial charge on any atom is 0.279 e. The molecule has 2 aromatic rings. The number of hydrogen-bond acceptors (Lipinski definition) is 3. The minimum Gasteiger partial charge on any atom is -0.370 e. The summed E-state index contributed by atoms with van der Waals surface area (Å²) in [5, 5.41) is 3.06. The van der Waals surface area contributed by atoms with Crippen LogP contribution in [-0.4, -0.2) is 64.9 Å². The van der Waals surface area contributed by atoms with E-state index in [0.717, 1.165) is 64.7 Å². The van der Waals surface area contributed by atoms with E-state index >= 15 is 0 Å². The standard InChI is InChI=1S/C23H30N4O2/c28-23(19-25-10-12-27(13-11-25)22-4-2-1-3-5-22)24-21-8-6-20(7-9-21)18-26-14-16-29-17-15-26/h1-9H,10-19H2,(H,24,28)/p+2. The molecule has 154 valence electrons. The number of benzene rings is 2. The zero-order valence-electron chi connectivity index (χ0n) is 17.0. The number of quaternary nitrogens is 2. The van der Waals surface area contributed by atoms with Crippen molar-refractivity contribution in [3.63, 3.8) is 0 Å². The fraction of sp³-hybridized carbons (Fsp3) is 0.435. The summed E-state index contributed by atoms with van der Waals surface area (Å²) in [6.45, 7) is 9.35. The lowest BCUT2D eigenvalue weighted by molar-refractivity contribution is -0.921. The largest absolute Gasteiger partial charge is 0.370 e. The van der Waals surface area contributed by atoms with Crippen LogP contribution in [0.4, 0.5) is 11.4 Å². The lowest BCUT2D eigenvalue weighted by atomic mass is 10.2. The number of hydrogen-bond donors (Lipinski definition) is 3. The Hall–Kier alpha value is -2.41. The highest BCUT2D eigenvalue weighted by atomic mass is 16.5. The summed E-state index contributed by atoms with van der Waals surface area (Å²) >= 11 is 0. The molecule has 0 bridgehead atoms. The summed E-state index contributed by atoms with van der Waals surface area (Å²) in [6.07, 6.45) is 0. The number of amides is 1. The summed E-state index contributed by atoms with van der Waals surface area (Å²) in [7, 11) is 0. The van der Waals surface area contributed by atoms with Gasteiger partial charge >= 0.3 is 0 Å². The van der Waals surface area contributed by atoms with Crippen molar-refractivity contribution >= 4 is 17.3 Å². The summed E-state index contributed by atoms with van der Waals surface area (Å²) in [6, 6.07) is 18.8. The van der Waals surface area contributed by atoms with Crippen LogP contribution in [0.5, 0.6) is 0 Å². The molecule has 0 spiro atoms. The van der Waals surface area contributed by atoms with E-state index in [1.807, 2.05) is 18.2 Å². The molecule has 4 rings (SSSR count). The van der Waals surface area contributed by atoms with E-state index in [2.05, 4.69) is 46.6 Å². The van der Waals surface area contributed by atoms with Gasteiger partial charge in [-0.25, -0.2) is 0 Å². The van der Waals surface area contributed by atoms with Crippen molar-refractivity contribution in [2.45, 2.75) is 6.54 Å². The molecule has 1 amide bonds. The van der Waals surface area contributed by atoms with Crippen LogP contribution in [0.2, 0.25) is 0 Å². The van der Waals surface area contributed by atoms with Crippen molar-refractivity contribution < 1.29 is 19.3 Å². The Morgan fingerprint density at radius 1 is 0.897 bits per heavy atom. The van der Waals surface area contributed by atoms with Gasteiger partial charge in [-0.15, -0.1) is 0 Å². The number of carbonyl (C=O) groups is 1. The average Bonchev–Trinajstić information content (AvgIpc) is 2.77. The first kappa shape index (κ1) is 19.9. The minimum atomic E-state index is 0.0970.